The summed E-state index contributed by atoms with van der Waals surface area (Å²) >= 11 is 2.11. The van der Waals surface area contributed by atoms with Crippen LogP contribution in [0.2, 0.25) is 0 Å². The number of rotatable bonds is 2. The molecule has 0 saturated carbocycles. The first-order valence-corrected chi connectivity index (χ1v) is 7.79. The molecule has 0 aliphatic rings. The van der Waals surface area contributed by atoms with Gasteiger partial charge in [0.1, 0.15) is 5.75 Å². The Balaban J connectivity index is 2.47. The van der Waals surface area contributed by atoms with Gasteiger partial charge in [0.15, 0.2) is 5.69 Å². The van der Waals surface area contributed by atoms with Gasteiger partial charge >= 0.3 is 6.18 Å². The molecule has 0 spiro atoms. The highest BCUT2D eigenvalue weighted by molar-refractivity contribution is 14.1. The molecule has 3 rings (SSSR count). The third kappa shape index (κ3) is 2.99. The van der Waals surface area contributed by atoms with E-state index in [0.29, 0.717) is 10.9 Å². The number of fused-ring (bicyclic) bond motifs is 1. The lowest BCUT2D eigenvalue weighted by molar-refractivity contribution is -0.140. The lowest BCUT2D eigenvalue weighted by atomic mass is 9.99. The van der Waals surface area contributed by atoms with E-state index in [-0.39, 0.29) is 16.8 Å². The number of aromatic nitrogens is 1. The monoisotopic (exact) mass is 429 g/mol. The van der Waals surface area contributed by atoms with Crippen LogP contribution in [0.15, 0.2) is 48.5 Å². The van der Waals surface area contributed by atoms with E-state index < -0.39 is 11.9 Å². The zero-order valence-corrected chi connectivity index (χ0v) is 14.1. The van der Waals surface area contributed by atoms with E-state index in [1.54, 1.807) is 48.5 Å². The molecule has 1 heterocycles. The first-order chi connectivity index (χ1) is 10.9. The fourth-order valence-corrected chi connectivity index (χ4v) is 2.99. The highest BCUT2D eigenvalue weighted by atomic mass is 127. The molecule has 3 aromatic rings. The van der Waals surface area contributed by atoms with Crippen LogP contribution in [0.3, 0.4) is 0 Å². The van der Waals surface area contributed by atoms with Gasteiger partial charge in [-0.3, -0.25) is 0 Å². The Morgan fingerprint density at radius 3 is 2.35 bits per heavy atom. The highest BCUT2D eigenvalue weighted by Crippen LogP contribution is 2.44. The number of methoxy groups -OCH3 is 1. The van der Waals surface area contributed by atoms with Crippen molar-refractivity contribution in [2.24, 2.45) is 0 Å². The Hall–Kier alpha value is -1.83. The van der Waals surface area contributed by atoms with E-state index in [1.807, 2.05) is 0 Å². The molecule has 0 saturated heterocycles. The Kier molecular flexibility index (Phi) is 4.18. The predicted molar refractivity (Wildman–Crippen MR) is 91.5 cm³/mol. The molecule has 0 aliphatic heterocycles. The van der Waals surface area contributed by atoms with Crippen molar-refractivity contribution in [3.63, 3.8) is 0 Å². The molecular formula is C17H11F3INO. The maximum atomic E-state index is 13.5. The number of hydrogen-bond acceptors (Lipinski definition) is 2. The van der Waals surface area contributed by atoms with Crippen molar-refractivity contribution in [1.82, 2.24) is 4.98 Å². The van der Waals surface area contributed by atoms with Gasteiger partial charge in [-0.05, 0) is 46.4 Å². The third-order valence-electron chi connectivity index (χ3n) is 3.43. The summed E-state index contributed by atoms with van der Waals surface area (Å²) in [5.41, 5.74) is -0.288. The second-order valence-electron chi connectivity index (χ2n) is 4.89. The minimum Gasteiger partial charge on any atom is -0.495 e. The minimum absolute atomic E-state index is 0.0323. The van der Waals surface area contributed by atoms with Crippen molar-refractivity contribution in [2.45, 2.75) is 6.18 Å². The quantitative estimate of drug-likeness (QED) is 0.500. The Bertz CT molecular complexity index is 863. The second kappa shape index (κ2) is 5.99. The van der Waals surface area contributed by atoms with Crippen molar-refractivity contribution in [2.75, 3.05) is 7.11 Å². The van der Waals surface area contributed by atoms with E-state index in [1.165, 1.54) is 7.11 Å². The van der Waals surface area contributed by atoms with Gasteiger partial charge in [-0.2, -0.15) is 13.2 Å². The van der Waals surface area contributed by atoms with Gasteiger partial charge in [-0.1, -0.05) is 30.3 Å². The average Bonchev–Trinajstić information content (AvgIpc) is 2.53. The van der Waals surface area contributed by atoms with Crippen LogP contribution in [0.25, 0.3) is 22.0 Å². The van der Waals surface area contributed by atoms with E-state index >= 15 is 0 Å². The topological polar surface area (TPSA) is 22.1 Å². The van der Waals surface area contributed by atoms with Crippen LogP contribution in [-0.2, 0) is 6.18 Å². The fourth-order valence-electron chi connectivity index (χ4n) is 2.50. The van der Waals surface area contributed by atoms with Gasteiger partial charge in [0.2, 0.25) is 0 Å². The summed E-state index contributed by atoms with van der Waals surface area (Å²) in [5.74, 6) is 0.187. The lowest BCUT2D eigenvalue weighted by Gasteiger charge is -2.18. The summed E-state index contributed by atoms with van der Waals surface area (Å²) in [6.07, 6.45) is -4.57. The molecule has 2 nitrogen and oxygen atoms in total. The molecule has 118 valence electrons. The van der Waals surface area contributed by atoms with Crippen molar-refractivity contribution in [3.05, 3.63) is 57.8 Å². The van der Waals surface area contributed by atoms with E-state index in [4.69, 9.17) is 4.74 Å². The van der Waals surface area contributed by atoms with Crippen molar-refractivity contribution in [3.8, 4) is 16.9 Å². The molecular weight excluding hydrogens is 418 g/mol. The smallest absolute Gasteiger partial charge is 0.434 e. The summed E-state index contributed by atoms with van der Waals surface area (Å²) in [4.78, 5) is 3.86. The molecule has 0 aliphatic carbocycles. The SMILES string of the molecule is COc1c(-c2ccccc2)c(C(F)(F)F)nc2ccc(I)cc12. The number of benzene rings is 2. The molecule has 0 radical (unpaired) electrons. The number of halogens is 4. The third-order valence-corrected chi connectivity index (χ3v) is 4.11. The molecule has 6 heteroatoms. The molecule has 0 unspecified atom stereocenters. The molecule has 2 aromatic carbocycles. The van der Waals surface area contributed by atoms with Gasteiger partial charge in [0.25, 0.3) is 0 Å². The van der Waals surface area contributed by atoms with Crippen molar-refractivity contribution >= 4 is 33.5 Å². The molecule has 0 atom stereocenters. The zero-order chi connectivity index (χ0) is 16.6. The lowest BCUT2D eigenvalue weighted by Crippen LogP contribution is -2.12. The van der Waals surface area contributed by atoms with Gasteiger partial charge < -0.3 is 4.74 Å². The van der Waals surface area contributed by atoms with Crippen LogP contribution >= 0.6 is 22.6 Å². The van der Waals surface area contributed by atoms with Gasteiger partial charge in [-0.15, -0.1) is 0 Å². The summed E-state index contributed by atoms with van der Waals surface area (Å²) in [6, 6.07) is 13.4. The van der Waals surface area contributed by atoms with Crippen LogP contribution < -0.4 is 4.74 Å². The van der Waals surface area contributed by atoms with Crippen LogP contribution in [0.1, 0.15) is 5.69 Å². The summed E-state index contributed by atoms with van der Waals surface area (Å²) < 4.78 is 46.9. The molecule has 0 N–H and O–H groups in total. The number of nitrogens with zero attached hydrogens (tertiary/aromatic N) is 1. The normalized spacial score (nSPS) is 11.7. The zero-order valence-electron chi connectivity index (χ0n) is 12.0. The number of alkyl halides is 3. The van der Waals surface area contributed by atoms with E-state index in [9.17, 15) is 13.2 Å². The number of pyridine rings is 1. The highest BCUT2D eigenvalue weighted by Gasteiger charge is 2.38. The molecule has 0 fully saturated rings. The van der Waals surface area contributed by atoms with E-state index in [0.717, 1.165) is 3.57 Å². The Morgan fingerprint density at radius 2 is 1.74 bits per heavy atom. The number of ether oxygens (including phenoxy) is 1. The summed E-state index contributed by atoms with van der Waals surface area (Å²) in [7, 11) is 1.38. The molecule has 0 amide bonds. The Morgan fingerprint density at radius 1 is 1.04 bits per heavy atom. The van der Waals surface area contributed by atoms with Crippen molar-refractivity contribution < 1.29 is 17.9 Å². The second-order valence-corrected chi connectivity index (χ2v) is 6.14. The van der Waals surface area contributed by atoms with Gasteiger partial charge in [0, 0.05) is 8.96 Å². The van der Waals surface area contributed by atoms with Gasteiger partial charge in [0.05, 0.1) is 18.2 Å². The first kappa shape index (κ1) is 16.0. The average molecular weight is 429 g/mol. The first-order valence-electron chi connectivity index (χ1n) is 6.71. The maximum absolute atomic E-state index is 13.5. The largest absolute Gasteiger partial charge is 0.495 e. The molecule has 0 bridgehead atoms. The maximum Gasteiger partial charge on any atom is 0.434 e. The summed E-state index contributed by atoms with van der Waals surface area (Å²) in [5, 5.41) is 0.561. The standard InChI is InChI=1S/C17H11F3INO/c1-23-15-12-9-11(21)7-8-13(12)22-16(17(18,19)20)14(15)10-5-3-2-4-6-10/h2-9H,1H3. The predicted octanol–water partition coefficient (Wildman–Crippen LogP) is 5.53. The van der Waals surface area contributed by atoms with Crippen LogP contribution in [0.5, 0.6) is 5.75 Å². The Labute approximate surface area is 144 Å². The van der Waals surface area contributed by atoms with Crippen LogP contribution in [0, 0.1) is 3.57 Å². The summed E-state index contributed by atoms with van der Waals surface area (Å²) in [6.45, 7) is 0. The minimum atomic E-state index is -4.57. The van der Waals surface area contributed by atoms with Crippen molar-refractivity contribution in [1.29, 1.82) is 0 Å². The van der Waals surface area contributed by atoms with E-state index in [2.05, 4.69) is 27.6 Å². The fraction of sp³-hybridized carbons (Fsp3) is 0.118. The van der Waals surface area contributed by atoms with Crippen LogP contribution in [0.4, 0.5) is 13.2 Å². The molecule has 1 aromatic heterocycles. The van der Waals surface area contributed by atoms with Gasteiger partial charge in [-0.25, -0.2) is 4.98 Å². The van der Waals surface area contributed by atoms with Crippen LogP contribution in [-0.4, -0.2) is 12.1 Å². The number of hydrogen-bond donors (Lipinski definition) is 0. The molecule has 23 heavy (non-hydrogen) atoms.